The number of carbonyl (C=O) groups is 1. The lowest BCUT2D eigenvalue weighted by Gasteiger charge is -2.44. The third kappa shape index (κ3) is 6.99. The number of alkyl halides is 1. The first kappa shape index (κ1) is 26.0. The molecule has 0 aliphatic carbocycles. The van der Waals surface area contributed by atoms with Gasteiger partial charge in [0.25, 0.3) is 0 Å². The summed E-state index contributed by atoms with van der Waals surface area (Å²) in [5.74, 6) is -0.0456. The number of aliphatic hydroxyl groups is 4. The molecular weight excluding hydrogens is 410 g/mol. The van der Waals surface area contributed by atoms with Gasteiger partial charge in [0, 0.05) is 19.0 Å². The van der Waals surface area contributed by atoms with Gasteiger partial charge in [0.1, 0.15) is 24.4 Å². The molecule has 2 amide bonds. The van der Waals surface area contributed by atoms with Crippen molar-refractivity contribution < 1.29 is 34.7 Å². The number of carbonyl (C=O) groups excluding carboxylic acids is 1. The summed E-state index contributed by atoms with van der Waals surface area (Å²) in [5, 5.41) is 44.5. The molecule has 12 heteroatoms. The Kier molecular flexibility index (Phi) is 11.9. The lowest BCUT2D eigenvalue weighted by molar-refractivity contribution is -0.318. The van der Waals surface area contributed by atoms with Crippen LogP contribution in [0.25, 0.3) is 0 Å². The quantitative estimate of drug-likeness (QED) is 0.111. The average molecular weight is 442 g/mol. The molecule has 0 spiro atoms. The summed E-state index contributed by atoms with van der Waals surface area (Å²) in [4.78, 5) is 24.6. The number of amides is 2. The predicted octanol–water partition coefficient (Wildman–Crippen LogP) is 0.373. The molecule has 29 heavy (non-hydrogen) atoms. The van der Waals surface area contributed by atoms with Crippen molar-refractivity contribution in [1.29, 1.82) is 0 Å². The molecule has 0 saturated carbocycles. The smallest absolute Gasteiger partial charge is 0.345 e. The molecule has 1 unspecified atom stereocenters. The zero-order valence-electron chi connectivity index (χ0n) is 16.8. The van der Waals surface area contributed by atoms with Crippen LogP contribution in [0, 0.1) is 4.91 Å². The first-order valence-electron chi connectivity index (χ1n) is 9.80. The minimum atomic E-state index is -1.73. The molecule has 1 aliphatic rings. The molecule has 1 heterocycles. The average Bonchev–Trinajstić information content (AvgIpc) is 2.71. The summed E-state index contributed by atoms with van der Waals surface area (Å²) in [6.07, 6.45) is -6.74. The number of hydrogen-bond acceptors (Lipinski definition) is 9. The second-order valence-corrected chi connectivity index (χ2v) is 7.18. The van der Waals surface area contributed by atoms with Gasteiger partial charge < -0.3 is 29.9 Å². The molecule has 1 rings (SSSR count). The molecule has 6 atom stereocenters. The molecule has 4 N–H and O–H groups in total. The minimum absolute atomic E-state index is 0.0391. The molecule has 0 bridgehead atoms. The molecule has 1 aliphatic heterocycles. The van der Waals surface area contributed by atoms with Crippen LogP contribution in [-0.4, -0.2) is 98.9 Å². The monoisotopic (exact) mass is 441 g/mol. The van der Waals surface area contributed by atoms with Crippen molar-refractivity contribution >= 4 is 17.6 Å². The predicted molar refractivity (Wildman–Crippen MR) is 104 cm³/mol. The summed E-state index contributed by atoms with van der Waals surface area (Å²) < 4.78 is 10.9. The van der Waals surface area contributed by atoms with Crippen LogP contribution in [0.3, 0.4) is 0 Å². The van der Waals surface area contributed by atoms with Crippen molar-refractivity contribution in [3.63, 3.8) is 0 Å². The Morgan fingerprint density at radius 3 is 2.34 bits per heavy atom. The van der Waals surface area contributed by atoms with Crippen molar-refractivity contribution in [2.45, 2.75) is 76.5 Å². The summed E-state index contributed by atoms with van der Waals surface area (Å²) in [6, 6.07) is -0.915. The number of urea groups is 1. The topological polar surface area (TPSA) is 152 Å². The van der Waals surface area contributed by atoms with E-state index in [0.717, 1.165) is 11.3 Å². The van der Waals surface area contributed by atoms with Crippen LogP contribution in [-0.2, 0) is 9.47 Å². The molecule has 1 fully saturated rings. The number of unbranched alkanes of at least 4 members (excludes halogenated alkanes) is 2. The van der Waals surface area contributed by atoms with Gasteiger partial charge in [-0.1, -0.05) is 26.7 Å². The van der Waals surface area contributed by atoms with Crippen molar-refractivity contribution in [3.05, 3.63) is 4.91 Å². The largest absolute Gasteiger partial charge is 0.387 e. The maximum Gasteiger partial charge on any atom is 0.345 e. The van der Waals surface area contributed by atoms with Gasteiger partial charge in [-0.25, -0.2) is 4.79 Å². The van der Waals surface area contributed by atoms with Gasteiger partial charge in [-0.15, -0.1) is 16.5 Å². The number of rotatable bonds is 12. The van der Waals surface area contributed by atoms with Crippen LogP contribution >= 0.6 is 11.6 Å². The Hall–Kier alpha value is -1.08. The van der Waals surface area contributed by atoms with Crippen LogP contribution in [0.4, 0.5) is 4.79 Å². The number of hydrogen-bond donors (Lipinski definition) is 4. The van der Waals surface area contributed by atoms with Crippen LogP contribution in [0.2, 0.25) is 0 Å². The van der Waals surface area contributed by atoms with Gasteiger partial charge >= 0.3 is 6.03 Å². The van der Waals surface area contributed by atoms with Gasteiger partial charge in [-0.2, -0.15) is 5.01 Å². The molecule has 0 aromatic rings. The molecule has 0 radical (unpaired) electrons. The maximum absolute atomic E-state index is 12.7. The fraction of sp³-hybridized carbons (Fsp3) is 0.941. The van der Waals surface area contributed by atoms with E-state index in [1.807, 2.05) is 13.8 Å². The second-order valence-electron chi connectivity index (χ2n) is 6.80. The SMILES string of the molecule is CCCCO[C@H]1O[C@H](C(O)N(CCCC)C(=O)N(CCCl)N=O)[C@@H](O)[C@H](O)[C@H]1O. The Balaban J connectivity index is 3.02. The van der Waals surface area contributed by atoms with Gasteiger partial charge in [0.2, 0.25) is 0 Å². The van der Waals surface area contributed by atoms with E-state index in [9.17, 15) is 30.1 Å². The standard InChI is InChI=1S/C17H32ClN3O8/c1-3-5-8-20(17(26)21(19-27)9-7-18)15(25)14-12(23)11(22)13(24)16(29-14)28-10-6-4-2/h11-16,22-25H,3-10H2,1-2H3/t11-,12-,13+,14-,15?,16-/m0/s1. The normalized spacial score (nSPS) is 28.0. The molecule has 1 saturated heterocycles. The lowest BCUT2D eigenvalue weighted by atomic mass is 9.97. The van der Waals surface area contributed by atoms with Crippen LogP contribution in [0.15, 0.2) is 5.29 Å². The van der Waals surface area contributed by atoms with E-state index in [-0.39, 0.29) is 25.6 Å². The summed E-state index contributed by atoms with van der Waals surface area (Å²) in [7, 11) is 0. The molecule has 0 aromatic heterocycles. The van der Waals surface area contributed by atoms with Gasteiger partial charge in [-0.05, 0) is 12.8 Å². The number of nitroso groups, excluding NO2 is 1. The zero-order chi connectivity index (χ0) is 22.0. The van der Waals surface area contributed by atoms with Gasteiger partial charge in [0.05, 0.1) is 11.8 Å². The fourth-order valence-electron chi connectivity index (χ4n) is 2.85. The summed E-state index contributed by atoms with van der Waals surface area (Å²) >= 11 is 5.58. The van der Waals surface area contributed by atoms with E-state index >= 15 is 0 Å². The van der Waals surface area contributed by atoms with Crippen molar-refractivity contribution in [2.75, 3.05) is 25.6 Å². The van der Waals surface area contributed by atoms with Gasteiger partial charge in [0.15, 0.2) is 12.5 Å². The first-order valence-corrected chi connectivity index (χ1v) is 10.3. The van der Waals surface area contributed by atoms with E-state index in [1.54, 1.807) is 0 Å². The number of ether oxygens (including phenoxy) is 2. The van der Waals surface area contributed by atoms with E-state index in [2.05, 4.69) is 5.29 Å². The summed E-state index contributed by atoms with van der Waals surface area (Å²) in [6.45, 7) is 3.92. The highest BCUT2D eigenvalue weighted by molar-refractivity contribution is 6.18. The maximum atomic E-state index is 12.7. The van der Waals surface area contributed by atoms with Crippen molar-refractivity contribution in [2.24, 2.45) is 5.29 Å². The van der Waals surface area contributed by atoms with Gasteiger partial charge in [-0.3, -0.25) is 4.90 Å². The Labute approximate surface area is 175 Å². The number of halogens is 1. The highest BCUT2D eigenvalue weighted by atomic mass is 35.5. The molecule has 11 nitrogen and oxygen atoms in total. The van der Waals surface area contributed by atoms with E-state index < -0.39 is 43.0 Å². The Bertz CT molecular complexity index is 503. The van der Waals surface area contributed by atoms with Crippen LogP contribution < -0.4 is 0 Å². The first-order chi connectivity index (χ1) is 13.8. The van der Waals surface area contributed by atoms with E-state index in [4.69, 9.17) is 21.1 Å². The van der Waals surface area contributed by atoms with Crippen LogP contribution in [0.5, 0.6) is 0 Å². The van der Waals surface area contributed by atoms with E-state index in [0.29, 0.717) is 24.3 Å². The summed E-state index contributed by atoms with van der Waals surface area (Å²) in [5.41, 5.74) is 0. The fourth-order valence-corrected chi connectivity index (χ4v) is 3.01. The third-order valence-electron chi connectivity index (χ3n) is 4.61. The zero-order valence-corrected chi connectivity index (χ0v) is 17.5. The molecule has 170 valence electrons. The highest BCUT2D eigenvalue weighted by Crippen LogP contribution is 2.26. The number of aliphatic hydroxyl groups excluding tert-OH is 4. The molecular formula is C17H32ClN3O8. The lowest BCUT2D eigenvalue weighted by Crippen LogP contribution is -2.65. The molecule has 0 aromatic carbocycles. The second kappa shape index (κ2) is 13.3. The highest BCUT2D eigenvalue weighted by Gasteiger charge is 2.49. The van der Waals surface area contributed by atoms with Crippen LogP contribution in [0.1, 0.15) is 39.5 Å². The Morgan fingerprint density at radius 1 is 1.14 bits per heavy atom. The van der Waals surface area contributed by atoms with E-state index in [1.165, 1.54) is 0 Å². The van der Waals surface area contributed by atoms with Crippen molar-refractivity contribution in [1.82, 2.24) is 9.91 Å². The number of nitrogens with zero attached hydrogens (tertiary/aromatic N) is 3. The Morgan fingerprint density at radius 2 is 1.79 bits per heavy atom. The minimum Gasteiger partial charge on any atom is -0.387 e. The van der Waals surface area contributed by atoms with Crippen molar-refractivity contribution in [3.8, 4) is 0 Å². The third-order valence-corrected chi connectivity index (χ3v) is 4.78.